The lowest BCUT2D eigenvalue weighted by atomic mass is 10.1. The quantitative estimate of drug-likeness (QED) is 0.0775. The number of halogens is 1. The first kappa shape index (κ1) is 30.3. The van der Waals surface area contributed by atoms with Crippen molar-refractivity contribution in [3.8, 4) is 22.8 Å². The van der Waals surface area contributed by atoms with Gasteiger partial charge in [-0.15, -0.1) is 11.3 Å². The molecule has 0 saturated carbocycles. The Morgan fingerprint density at radius 1 is 1.02 bits per heavy atom. The first-order chi connectivity index (χ1) is 20.1. The van der Waals surface area contributed by atoms with Gasteiger partial charge < -0.3 is 14.8 Å². The molecule has 0 fully saturated rings. The predicted octanol–water partition coefficient (Wildman–Crippen LogP) is 8.83. The fraction of sp³-hybridized carbons (Fsp3) is 0.281. The highest BCUT2D eigenvalue weighted by Gasteiger charge is 2.12. The lowest BCUT2D eigenvalue weighted by molar-refractivity contribution is 0.0955. The highest BCUT2D eigenvalue weighted by atomic mass is 79.9. The first-order valence-corrected chi connectivity index (χ1v) is 15.5. The third-order valence-corrected chi connectivity index (χ3v) is 7.69. The third kappa shape index (κ3) is 9.16. The molecule has 1 aromatic heterocycles. The zero-order valence-corrected chi connectivity index (χ0v) is 25.8. The average Bonchev–Trinajstić information content (AvgIpc) is 3.46. The van der Waals surface area contributed by atoms with E-state index in [1.807, 2.05) is 60.0 Å². The number of nitrogens with zero attached hydrogens (tertiary/aromatic N) is 2. The SMILES string of the molecule is CCCCCCCCOc1c(Br)cc(/C=N/NC(=O)c2ccc(-c3csc(Nc4ccccc4)n3)cc2)cc1OC. The molecule has 41 heavy (non-hydrogen) atoms. The maximum absolute atomic E-state index is 12.7. The number of anilines is 2. The van der Waals surface area contributed by atoms with Gasteiger partial charge in [0.15, 0.2) is 16.6 Å². The number of rotatable bonds is 15. The van der Waals surface area contributed by atoms with Crippen LogP contribution >= 0.6 is 27.3 Å². The molecule has 0 atom stereocenters. The molecule has 214 valence electrons. The summed E-state index contributed by atoms with van der Waals surface area (Å²) in [6.07, 6.45) is 8.79. The molecule has 1 heterocycles. The zero-order valence-electron chi connectivity index (χ0n) is 23.4. The van der Waals surface area contributed by atoms with Crippen LogP contribution in [0.25, 0.3) is 11.3 Å². The number of aromatic nitrogens is 1. The Labute approximate surface area is 254 Å². The average molecular weight is 636 g/mol. The molecule has 2 N–H and O–H groups in total. The second-order valence-corrected chi connectivity index (χ2v) is 11.2. The summed E-state index contributed by atoms with van der Waals surface area (Å²) in [5.41, 5.74) is 6.62. The minimum atomic E-state index is -0.303. The molecule has 0 aliphatic rings. The molecule has 0 spiro atoms. The van der Waals surface area contributed by atoms with Gasteiger partial charge in [0.25, 0.3) is 5.91 Å². The first-order valence-electron chi connectivity index (χ1n) is 13.8. The van der Waals surface area contributed by atoms with E-state index in [0.717, 1.165) is 45.0 Å². The number of carbonyl (C=O) groups excluding carboxylic acids is 1. The lowest BCUT2D eigenvalue weighted by Crippen LogP contribution is -2.17. The molecule has 3 aromatic carbocycles. The normalized spacial score (nSPS) is 11.0. The third-order valence-electron chi connectivity index (χ3n) is 6.35. The maximum atomic E-state index is 12.7. The van der Waals surface area contributed by atoms with Gasteiger partial charge in [0.2, 0.25) is 0 Å². The van der Waals surface area contributed by atoms with Crippen molar-refractivity contribution in [1.29, 1.82) is 0 Å². The number of hydrazone groups is 1. The summed E-state index contributed by atoms with van der Waals surface area (Å²) < 4.78 is 12.3. The van der Waals surface area contributed by atoms with Gasteiger partial charge in [0.05, 0.1) is 30.1 Å². The molecule has 0 bridgehead atoms. The number of hydrogen-bond acceptors (Lipinski definition) is 7. The summed E-state index contributed by atoms with van der Waals surface area (Å²) in [5, 5.41) is 10.2. The lowest BCUT2D eigenvalue weighted by Gasteiger charge is -2.13. The smallest absolute Gasteiger partial charge is 0.271 e. The fourth-order valence-corrected chi connectivity index (χ4v) is 5.46. The minimum Gasteiger partial charge on any atom is -0.493 e. The van der Waals surface area contributed by atoms with Crippen LogP contribution in [-0.4, -0.2) is 30.8 Å². The van der Waals surface area contributed by atoms with Gasteiger partial charge in [-0.2, -0.15) is 5.10 Å². The summed E-state index contributed by atoms with van der Waals surface area (Å²) in [7, 11) is 1.61. The van der Waals surface area contributed by atoms with Gasteiger partial charge in [-0.05, 0) is 64.3 Å². The van der Waals surface area contributed by atoms with Crippen LogP contribution in [0, 0.1) is 0 Å². The van der Waals surface area contributed by atoms with Crippen LogP contribution in [0.15, 0.2) is 81.7 Å². The van der Waals surface area contributed by atoms with E-state index in [4.69, 9.17) is 9.47 Å². The van der Waals surface area contributed by atoms with Crippen LogP contribution in [0.1, 0.15) is 61.4 Å². The van der Waals surface area contributed by atoms with E-state index in [9.17, 15) is 4.79 Å². The van der Waals surface area contributed by atoms with E-state index in [1.165, 1.54) is 37.0 Å². The summed E-state index contributed by atoms with van der Waals surface area (Å²) in [5.74, 6) is 0.978. The van der Waals surface area contributed by atoms with E-state index < -0.39 is 0 Å². The van der Waals surface area contributed by atoms with Gasteiger partial charge in [0.1, 0.15) is 0 Å². The van der Waals surface area contributed by atoms with E-state index >= 15 is 0 Å². The van der Waals surface area contributed by atoms with Gasteiger partial charge >= 0.3 is 0 Å². The fourth-order valence-electron chi connectivity index (χ4n) is 4.14. The van der Waals surface area contributed by atoms with Crippen molar-refractivity contribution < 1.29 is 14.3 Å². The van der Waals surface area contributed by atoms with Crippen LogP contribution in [0.5, 0.6) is 11.5 Å². The molecule has 9 heteroatoms. The summed E-state index contributed by atoms with van der Waals surface area (Å²) in [4.78, 5) is 17.3. The number of nitrogens with one attached hydrogen (secondary N) is 2. The summed E-state index contributed by atoms with van der Waals surface area (Å²) in [6, 6.07) is 20.9. The Hall–Kier alpha value is -3.69. The van der Waals surface area contributed by atoms with Crippen LogP contribution in [0.3, 0.4) is 0 Å². The van der Waals surface area contributed by atoms with Crippen molar-refractivity contribution in [2.24, 2.45) is 5.10 Å². The van der Waals surface area contributed by atoms with Crippen molar-refractivity contribution in [2.75, 3.05) is 19.0 Å². The molecule has 0 aliphatic carbocycles. The topological polar surface area (TPSA) is 84.8 Å². The molecule has 0 unspecified atom stereocenters. The Bertz CT molecular complexity index is 1420. The molecule has 0 aliphatic heterocycles. The second kappa shape index (κ2) is 15.9. The standard InChI is InChI=1S/C32H35BrN4O3S/c1-3-4-5-6-7-11-18-40-30-27(33)19-23(20-29(30)39-2)21-34-37-31(38)25-16-14-24(15-17-25)28-22-41-32(36-28)35-26-12-9-8-10-13-26/h8-10,12-17,19-22H,3-7,11,18H2,1-2H3,(H,35,36)(H,37,38)/b34-21+. The number of para-hydroxylation sites is 1. The van der Waals surface area contributed by atoms with Crippen LogP contribution < -0.4 is 20.2 Å². The molecule has 0 saturated heterocycles. The highest BCUT2D eigenvalue weighted by Crippen LogP contribution is 2.36. The van der Waals surface area contributed by atoms with Gasteiger partial charge in [-0.25, -0.2) is 10.4 Å². The van der Waals surface area contributed by atoms with Gasteiger partial charge in [-0.3, -0.25) is 4.79 Å². The number of amides is 1. The van der Waals surface area contributed by atoms with E-state index in [0.29, 0.717) is 23.7 Å². The molecule has 4 aromatic rings. The second-order valence-electron chi connectivity index (χ2n) is 9.46. The number of hydrogen-bond donors (Lipinski definition) is 2. The number of carbonyl (C=O) groups is 1. The predicted molar refractivity (Wildman–Crippen MR) is 172 cm³/mol. The van der Waals surface area contributed by atoms with Gasteiger partial charge in [-0.1, -0.05) is 69.4 Å². The van der Waals surface area contributed by atoms with E-state index in [2.05, 4.69) is 43.7 Å². The highest BCUT2D eigenvalue weighted by molar-refractivity contribution is 9.10. The largest absolute Gasteiger partial charge is 0.493 e. The van der Waals surface area contributed by atoms with Gasteiger partial charge in [0, 0.05) is 22.2 Å². The molecule has 1 amide bonds. The molecular formula is C32H35BrN4O3S. The number of benzene rings is 3. The molecule has 4 rings (SSSR count). The van der Waals surface area contributed by atoms with Crippen molar-refractivity contribution in [3.05, 3.63) is 87.7 Å². The van der Waals surface area contributed by atoms with Crippen LogP contribution in [0.4, 0.5) is 10.8 Å². The minimum absolute atomic E-state index is 0.303. The van der Waals surface area contributed by atoms with Crippen molar-refractivity contribution in [3.63, 3.8) is 0 Å². The van der Waals surface area contributed by atoms with Crippen LogP contribution in [0.2, 0.25) is 0 Å². The number of unbranched alkanes of at least 4 members (excludes halogenated alkanes) is 5. The van der Waals surface area contributed by atoms with Crippen molar-refractivity contribution in [1.82, 2.24) is 10.4 Å². The molecular weight excluding hydrogens is 600 g/mol. The Morgan fingerprint density at radius 2 is 1.78 bits per heavy atom. The van der Waals surface area contributed by atoms with Crippen molar-refractivity contribution in [2.45, 2.75) is 45.4 Å². The summed E-state index contributed by atoms with van der Waals surface area (Å²) >= 11 is 5.11. The number of ether oxygens (including phenoxy) is 2. The summed E-state index contributed by atoms with van der Waals surface area (Å²) in [6.45, 7) is 2.86. The molecule has 7 nitrogen and oxygen atoms in total. The number of methoxy groups -OCH3 is 1. The van der Waals surface area contributed by atoms with E-state index in [-0.39, 0.29) is 5.91 Å². The Balaban J connectivity index is 1.29. The molecule has 0 radical (unpaired) electrons. The number of thiazole rings is 1. The Kier molecular flexibility index (Phi) is 11.8. The van der Waals surface area contributed by atoms with Crippen LogP contribution in [-0.2, 0) is 0 Å². The monoisotopic (exact) mass is 634 g/mol. The zero-order chi connectivity index (χ0) is 28.9. The Morgan fingerprint density at radius 3 is 2.54 bits per heavy atom. The van der Waals surface area contributed by atoms with Crippen molar-refractivity contribution >= 4 is 50.2 Å². The maximum Gasteiger partial charge on any atom is 0.271 e. The van der Waals surface area contributed by atoms with E-state index in [1.54, 1.807) is 25.5 Å².